The molecule has 176 valence electrons. The van der Waals surface area contributed by atoms with Gasteiger partial charge in [-0.15, -0.1) is 6.42 Å². The number of likely N-dealkylation sites (N-methyl/N-ethyl adjacent to an activating group) is 1. The van der Waals surface area contributed by atoms with Crippen molar-refractivity contribution in [2.75, 3.05) is 62.7 Å². The fourth-order valence-corrected chi connectivity index (χ4v) is 4.91. The van der Waals surface area contributed by atoms with Gasteiger partial charge in [-0.1, -0.05) is 5.92 Å². The third-order valence-electron chi connectivity index (χ3n) is 6.53. The highest BCUT2D eigenvalue weighted by Gasteiger charge is 2.50. The summed E-state index contributed by atoms with van der Waals surface area (Å²) in [6.45, 7) is 11.1. The maximum absolute atomic E-state index is 12.4. The summed E-state index contributed by atoms with van der Waals surface area (Å²) >= 11 is 0. The lowest BCUT2D eigenvalue weighted by Crippen LogP contribution is -2.60. The highest BCUT2D eigenvalue weighted by molar-refractivity contribution is 5.69. The quantitative estimate of drug-likeness (QED) is 0.631. The number of nitrogens with zero attached hydrogens (tertiary/aromatic N) is 7. The zero-order chi connectivity index (χ0) is 23.8. The van der Waals surface area contributed by atoms with Crippen LogP contribution in [0.2, 0.25) is 0 Å². The first-order chi connectivity index (χ1) is 15.6. The summed E-state index contributed by atoms with van der Waals surface area (Å²) in [5.41, 5.74) is -0.111. The smallest absolute Gasteiger partial charge is 0.410 e. The van der Waals surface area contributed by atoms with E-state index in [9.17, 15) is 10.1 Å². The molecule has 9 heteroatoms. The molecule has 0 bridgehead atoms. The summed E-state index contributed by atoms with van der Waals surface area (Å²) in [4.78, 5) is 29.9. The monoisotopic (exact) mass is 451 g/mol. The van der Waals surface area contributed by atoms with Gasteiger partial charge in [0, 0.05) is 50.7 Å². The van der Waals surface area contributed by atoms with Crippen molar-refractivity contribution in [3.05, 3.63) is 11.8 Å². The molecule has 3 fully saturated rings. The summed E-state index contributed by atoms with van der Waals surface area (Å²) in [6.07, 6.45) is 7.51. The Bertz CT molecular complexity index is 984. The van der Waals surface area contributed by atoms with E-state index in [2.05, 4.69) is 33.8 Å². The molecule has 4 heterocycles. The third-order valence-corrected chi connectivity index (χ3v) is 6.53. The fraction of sp³-hybridized carbons (Fsp3) is 0.667. The number of anilines is 2. The van der Waals surface area contributed by atoms with Crippen molar-refractivity contribution in [1.29, 1.82) is 5.26 Å². The molecule has 1 aromatic rings. The average Bonchev–Trinajstić information content (AvgIpc) is 3.10. The van der Waals surface area contributed by atoms with Crippen LogP contribution in [0.1, 0.15) is 39.3 Å². The van der Waals surface area contributed by atoms with E-state index < -0.39 is 5.60 Å². The molecule has 0 N–H and O–H groups in total. The number of carbonyl (C=O) groups is 1. The van der Waals surface area contributed by atoms with E-state index in [-0.39, 0.29) is 17.6 Å². The van der Waals surface area contributed by atoms with E-state index in [1.165, 1.54) is 0 Å². The molecule has 3 aliphatic rings. The number of hydrogen-bond donors (Lipinski definition) is 0. The van der Waals surface area contributed by atoms with E-state index in [1.807, 2.05) is 25.7 Å². The second kappa shape index (κ2) is 8.72. The minimum Gasteiger partial charge on any atom is -0.444 e. The summed E-state index contributed by atoms with van der Waals surface area (Å²) in [5.74, 6) is 4.14. The van der Waals surface area contributed by atoms with Crippen molar-refractivity contribution >= 4 is 17.9 Å². The maximum atomic E-state index is 12.4. The van der Waals surface area contributed by atoms with Crippen LogP contribution in [-0.4, -0.2) is 90.4 Å². The Kier molecular flexibility index (Phi) is 6.11. The summed E-state index contributed by atoms with van der Waals surface area (Å²) in [6, 6.07) is 3.80. The molecule has 0 unspecified atom stereocenters. The van der Waals surface area contributed by atoms with Crippen molar-refractivity contribution in [1.82, 2.24) is 19.8 Å². The van der Waals surface area contributed by atoms with Crippen LogP contribution >= 0.6 is 0 Å². The molecule has 3 saturated heterocycles. The summed E-state index contributed by atoms with van der Waals surface area (Å²) in [7, 11) is 2.06. The van der Waals surface area contributed by atoms with Crippen molar-refractivity contribution in [2.24, 2.45) is 5.41 Å². The van der Waals surface area contributed by atoms with Gasteiger partial charge in [-0.05, 0) is 47.2 Å². The molecule has 1 spiro atoms. The lowest BCUT2D eigenvalue weighted by molar-refractivity contribution is -0.0266. The number of amides is 1. The minimum atomic E-state index is -0.495. The Balaban J connectivity index is 1.49. The Labute approximate surface area is 196 Å². The van der Waals surface area contributed by atoms with Crippen molar-refractivity contribution in [3.63, 3.8) is 0 Å². The molecule has 9 nitrogen and oxygen atoms in total. The molecular formula is C24H33N7O2. The number of terminal acetylenes is 1. The normalized spacial score (nSPS) is 23.0. The molecule has 33 heavy (non-hydrogen) atoms. The Morgan fingerprint density at radius 3 is 2.67 bits per heavy atom. The van der Waals surface area contributed by atoms with Gasteiger partial charge in [0.05, 0.1) is 0 Å². The van der Waals surface area contributed by atoms with Gasteiger partial charge >= 0.3 is 6.09 Å². The number of aromatic nitrogens is 2. The topological polar surface area (TPSA) is 88.8 Å². The van der Waals surface area contributed by atoms with Crippen LogP contribution in [0.4, 0.5) is 16.6 Å². The Hall–Kier alpha value is -3.04. The average molecular weight is 452 g/mol. The zero-order valence-corrected chi connectivity index (χ0v) is 20.0. The molecule has 1 aromatic heterocycles. The van der Waals surface area contributed by atoms with Crippen LogP contribution in [0.3, 0.4) is 0 Å². The zero-order valence-electron chi connectivity index (χ0n) is 20.0. The maximum Gasteiger partial charge on any atom is 0.410 e. The van der Waals surface area contributed by atoms with Crippen molar-refractivity contribution < 1.29 is 9.53 Å². The third kappa shape index (κ3) is 4.99. The first-order valence-electron chi connectivity index (χ1n) is 11.5. The largest absolute Gasteiger partial charge is 0.444 e. The summed E-state index contributed by atoms with van der Waals surface area (Å²) < 4.78 is 5.50. The van der Waals surface area contributed by atoms with Crippen LogP contribution in [-0.2, 0) is 4.74 Å². The van der Waals surface area contributed by atoms with Gasteiger partial charge in [-0.25, -0.2) is 9.78 Å². The lowest BCUT2D eigenvalue weighted by Gasteiger charge is -2.47. The van der Waals surface area contributed by atoms with Gasteiger partial charge in [0.1, 0.15) is 29.2 Å². The van der Waals surface area contributed by atoms with E-state index in [1.54, 1.807) is 11.0 Å². The van der Waals surface area contributed by atoms with Crippen LogP contribution in [0.25, 0.3) is 0 Å². The first kappa shape index (κ1) is 23.1. The number of nitriles is 1. The van der Waals surface area contributed by atoms with Gasteiger partial charge in [0.25, 0.3) is 0 Å². The van der Waals surface area contributed by atoms with E-state index in [4.69, 9.17) is 16.1 Å². The van der Waals surface area contributed by atoms with Gasteiger partial charge in [-0.3, -0.25) is 0 Å². The Morgan fingerprint density at radius 1 is 1.24 bits per heavy atom. The van der Waals surface area contributed by atoms with Crippen LogP contribution in [0.5, 0.6) is 0 Å². The molecule has 3 aliphatic heterocycles. The van der Waals surface area contributed by atoms with Crippen molar-refractivity contribution in [3.8, 4) is 18.4 Å². The van der Waals surface area contributed by atoms with Crippen molar-refractivity contribution in [2.45, 2.75) is 45.3 Å². The molecule has 0 saturated carbocycles. The van der Waals surface area contributed by atoms with Gasteiger partial charge in [-0.2, -0.15) is 10.2 Å². The predicted molar refractivity (Wildman–Crippen MR) is 126 cm³/mol. The van der Waals surface area contributed by atoms with Gasteiger partial charge < -0.3 is 24.3 Å². The molecule has 4 rings (SSSR count). The highest BCUT2D eigenvalue weighted by Crippen LogP contribution is 2.41. The number of carbonyl (C=O) groups excluding carboxylic acids is 1. The first-order valence-corrected chi connectivity index (χ1v) is 11.5. The highest BCUT2D eigenvalue weighted by atomic mass is 16.6. The van der Waals surface area contributed by atoms with Crippen LogP contribution in [0.15, 0.2) is 6.07 Å². The van der Waals surface area contributed by atoms with Crippen LogP contribution in [0, 0.1) is 29.1 Å². The molecular weight excluding hydrogens is 418 g/mol. The van der Waals surface area contributed by atoms with E-state index in [0.717, 1.165) is 51.4 Å². The molecule has 0 radical (unpaired) electrons. The molecule has 0 aliphatic carbocycles. The number of rotatable bonds is 2. The lowest BCUT2D eigenvalue weighted by atomic mass is 9.79. The summed E-state index contributed by atoms with van der Waals surface area (Å²) in [5, 5.41) is 9.61. The standard InChI is InChI=1S/C24H33N7O2/c1-6-19-14-28(5)9-7-10-31(19)21-26-18(13-25)12-20(27-21)29-11-8-24(15-29)16-30(17-24)22(32)33-23(2,3)4/h1,12,19H,7-11,14-17H2,2-5H3/t19-/m0/s1. The predicted octanol–water partition coefficient (Wildman–Crippen LogP) is 1.94. The van der Waals surface area contributed by atoms with E-state index in [0.29, 0.717) is 24.7 Å². The molecule has 1 atom stereocenters. The molecule has 1 amide bonds. The van der Waals surface area contributed by atoms with Crippen LogP contribution < -0.4 is 9.80 Å². The second-order valence-corrected chi connectivity index (χ2v) is 10.5. The fourth-order valence-electron chi connectivity index (χ4n) is 4.91. The number of ether oxygens (including phenoxy) is 1. The molecule has 0 aromatic carbocycles. The SMILES string of the molecule is C#C[C@H]1CN(C)CCCN1c1nc(C#N)cc(N2CCC3(CN(C(=O)OC(C)(C)C)C3)C2)n1. The van der Waals surface area contributed by atoms with E-state index >= 15 is 0 Å². The minimum absolute atomic E-state index is 0.0431. The second-order valence-electron chi connectivity index (χ2n) is 10.5. The Morgan fingerprint density at radius 2 is 2.00 bits per heavy atom. The number of hydrogen-bond acceptors (Lipinski definition) is 8. The van der Waals surface area contributed by atoms with Gasteiger partial charge in [0.15, 0.2) is 0 Å². The number of likely N-dealkylation sites (tertiary alicyclic amines) is 1. The van der Waals surface area contributed by atoms with Gasteiger partial charge in [0.2, 0.25) is 5.95 Å².